The average molecular weight is 248 g/mol. The minimum atomic E-state index is -0.864. The molecule has 1 aromatic carbocycles. The highest BCUT2D eigenvalue weighted by Crippen LogP contribution is 2.25. The van der Waals surface area contributed by atoms with Crippen LogP contribution in [0.15, 0.2) is 24.3 Å². The normalized spacial score (nSPS) is 10.6. The molecule has 0 unspecified atom stereocenters. The van der Waals surface area contributed by atoms with Gasteiger partial charge >= 0.3 is 5.97 Å². The van der Waals surface area contributed by atoms with Gasteiger partial charge in [0, 0.05) is 11.3 Å². The smallest absolute Gasteiger partial charge is 0.303 e. The lowest BCUT2D eigenvalue weighted by atomic mass is 10.0. The Morgan fingerprint density at radius 3 is 2.83 bits per heavy atom. The molecule has 5 heteroatoms. The number of carboxylic acid groups (broad SMARTS) is 1. The van der Waals surface area contributed by atoms with Crippen molar-refractivity contribution in [2.24, 2.45) is 0 Å². The summed E-state index contributed by atoms with van der Waals surface area (Å²) in [7, 11) is 0. The first kappa shape index (κ1) is 12.3. The molecule has 0 aliphatic rings. The molecule has 94 valence electrons. The number of halogens is 1. The van der Waals surface area contributed by atoms with Crippen molar-refractivity contribution in [1.29, 1.82) is 0 Å². The van der Waals surface area contributed by atoms with Gasteiger partial charge in [-0.25, -0.2) is 4.39 Å². The first-order chi connectivity index (χ1) is 8.59. The van der Waals surface area contributed by atoms with Gasteiger partial charge in [0.05, 0.1) is 12.1 Å². The highest BCUT2D eigenvalue weighted by Gasteiger charge is 2.14. The SMILES string of the molecule is Cc1c(-c2ccccc2F)n[nH]c1CCC(=O)O. The number of aromatic nitrogens is 2. The molecule has 0 saturated heterocycles. The zero-order valence-electron chi connectivity index (χ0n) is 9.90. The zero-order valence-corrected chi connectivity index (χ0v) is 9.90. The van der Waals surface area contributed by atoms with Crippen LogP contribution in [0.3, 0.4) is 0 Å². The van der Waals surface area contributed by atoms with Crippen molar-refractivity contribution in [3.63, 3.8) is 0 Å². The van der Waals surface area contributed by atoms with E-state index in [0.29, 0.717) is 17.7 Å². The minimum absolute atomic E-state index is 0.0275. The third kappa shape index (κ3) is 2.40. The molecule has 0 aliphatic carbocycles. The fraction of sp³-hybridized carbons (Fsp3) is 0.231. The van der Waals surface area contributed by atoms with Gasteiger partial charge in [-0.2, -0.15) is 5.10 Å². The predicted molar refractivity (Wildman–Crippen MR) is 64.7 cm³/mol. The predicted octanol–water partition coefficient (Wildman–Crippen LogP) is 2.54. The van der Waals surface area contributed by atoms with Gasteiger partial charge in [0.1, 0.15) is 5.82 Å². The molecule has 0 radical (unpaired) electrons. The van der Waals surface area contributed by atoms with Gasteiger partial charge < -0.3 is 5.11 Å². The largest absolute Gasteiger partial charge is 0.481 e. The van der Waals surface area contributed by atoms with Gasteiger partial charge in [-0.05, 0) is 31.0 Å². The summed E-state index contributed by atoms with van der Waals surface area (Å²) < 4.78 is 13.6. The second-order valence-electron chi connectivity index (χ2n) is 4.05. The summed E-state index contributed by atoms with van der Waals surface area (Å²) in [5.41, 5.74) is 2.48. The van der Waals surface area contributed by atoms with E-state index in [1.54, 1.807) is 18.2 Å². The monoisotopic (exact) mass is 248 g/mol. The van der Waals surface area contributed by atoms with Gasteiger partial charge in [0.2, 0.25) is 0 Å². The highest BCUT2D eigenvalue weighted by atomic mass is 19.1. The number of aromatic amines is 1. The van der Waals surface area contributed by atoms with E-state index in [1.807, 2.05) is 6.92 Å². The number of benzene rings is 1. The standard InChI is InChI=1S/C13H13FN2O2/c1-8-11(6-7-12(17)18)15-16-13(8)9-4-2-3-5-10(9)14/h2-5H,6-7H2,1H3,(H,15,16)(H,17,18). The van der Waals surface area contributed by atoms with E-state index in [4.69, 9.17) is 5.11 Å². The number of aryl methyl sites for hydroxylation is 1. The summed E-state index contributed by atoms with van der Waals surface area (Å²) >= 11 is 0. The van der Waals surface area contributed by atoms with Crippen molar-refractivity contribution in [3.8, 4) is 11.3 Å². The quantitative estimate of drug-likeness (QED) is 0.873. The van der Waals surface area contributed by atoms with Crippen LogP contribution in [-0.2, 0) is 11.2 Å². The molecule has 2 N–H and O–H groups in total. The summed E-state index contributed by atoms with van der Waals surface area (Å²) in [6, 6.07) is 6.38. The number of H-pyrrole nitrogens is 1. The van der Waals surface area contributed by atoms with Crippen molar-refractivity contribution in [2.75, 3.05) is 0 Å². The van der Waals surface area contributed by atoms with Crippen molar-refractivity contribution in [2.45, 2.75) is 19.8 Å². The topological polar surface area (TPSA) is 66.0 Å². The molecule has 2 aromatic rings. The molecule has 1 heterocycles. The third-order valence-electron chi connectivity index (χ3n) is 2.83. The Bertz CT molecular complexity index is 578. The highest BCUT2D eigenvalue weighted by molar-refractivity contribution is 5.68. The molecule has 1 aromatic heterocycles. The van der Waals surface area contributed by atoms with E-state index >= 15 is 0 Å². The molecule has 0 atom stereocenters. The molecular weight excluding hydrogens is 235 g/mol. The molecule has 0 bridgehead atoms. The molecule has 18 heavy (non-hydrogen) atoms. The first-order valence-electron chi connectivity index (χ1n) is 5.60. The Balaban J connectivity index is 2.31. The van der Waals surface area contributed by atoms with Gasteiger partial charge in [0.15, 0.2) is 0 Å². The summed E-state index contributed by atoms with van der Waals surface area (Å²) in [5.74, 6) is -1.20. The lowest BCUT2D eigenvalue weighted by Gasteiger charge is -2.01. The number of rotatable bonds is 4. The first-order valence-corrected chi connectivity index (χ1v) is 5.60. The second kappa shape index (κ2) is 5.00. The molecule has 0 spiro atoms. The molecule has 0 amide bonds. The van der Waals surface area contributed by atoms with Crippen LogP contribution >= 0.6 is 0 Å². The van der Waals surface area contributed by atoms with Crippen LogP contribution < -0.4 is 0 Å². The van der Waals surface area contributed by atoms with E-state index in [-0.39, 0.29) is 12.2 Å². The van der Waals surface area contributed by atoms with Crippen LogP contribution in [0.2, 0.25) is 0 Å². The zero-order chi connectivity index (χ0) is 13.1. The number of hydrogen-bond donors (Lipinski definition) is 2. The number of aliphatic carboxylic acids is 1. The number of nitrogens with zero attached hydrogens (tertiary/aromatic N) is 1. The Kier molecular flexibility index (Phi) is 3.41. The Morgan fingerprint density at radius 1 is 1.44 bits per heavy atom. The number of carboxylic acids is 1. The fourth-order valence-electron chi connectivity index (χ4n) is 1.82. The maximum absolute atomic E-state index is 13.6. The van der Waals surface area contributed by atoms with Crippen LogP contribution in [0.5, 0.6) is 0 Å². The van der Waals surface area contributed by atoms with E-state index in [9.17, 15) is 9.18 Å². The third-order valence-corrected chi connectivity index (χ3v) is 2.83. The molecule has 4 nitrogen and oxygen atoms in total. The minimum Gasteiger partial charge on any atom is -0.481 e. The lowest BCUT2D eigenvalue weighted by molar-refractivity contribution is -0.136. The number of nitrogens with one attached hydrogen (secondary N) is 1. The van der Waals surface area contributed by atoms with E-state index in [2.05, 4.69) is 10.2 Å². The maximum atomic E-state index is 13.6. The van der Waals surface area contributed by atoms with Gasteiger partial charge in [-0.3, -0.25) is 9.89 Å². The maximum Gasteiger partial charge on any atom is 0.303 e. The Morgan fingerprint density at radius 2 is 2.17 bits per heavy atom. The van der Waals surface area contributed by atoms with Crippen LogP contribution in [0.25, 0.3) is 11.3 Å². The Labute approximate surface area is 103 Å². The van der Waals surface area contributed by atoms with Gasteiger partial charge in [-0.15, -0.1) is 0 Å². The van der Waals surface area contributed by atoms with E-state index < -0.39 is 5.97 Å². The van der Waals surface area contributed by atoms with Crippen molar-refractivity contribution in [1.82, 2.24) is 10.2 Å². The summed E-state index contributed by atoms with van der Waals surface area (Å²) in [6.07, 6.45) is 0.391. The Hall–Kier alpha value is -2.17. The van der Waals surface area contributed by atoms with Gasteiger partial charge in [-0.1, -0.05) is 12.1 Å². The molecule has 2 rings (SSSR count). The molecule has 0 aliphatic heterocycles. The van der Waals surface area contributed by atoms with Gasteiger partial charge in [0.25, 0.3) is 0 Å². The van der Waals surface area contributed by atoms with Crippen LogP contribution in [0, 0.1) is 12.7 Å². The summed E-state index contributed by atoms with van der Waals surface area (Å²) in [6.45, 7) is 1.81. The lowest BCUT2D eigenvalue weighted by Crippen LogP contribution is -1.98. The number of hydrogen-bond acceptors (Lipinski definition) is 2. The molecule has 0 saturated carbocycles. The van der Waals surface area contributed by atoms with Crippen LogP contribution in [-0.4, -0.2) is 21.3 Å². The summed E-state index contributed by atoms with van der Waals surface area (Å²) in [4.78, 5) is 10.5. The van der Waals surface area contributed by atoms with E-state index in [1.165, 1.54) is 6.07 Å². The molecular formula is C13H13FN2O2. The number of carbonyl (C=O) groups is 1. The molecule has 0 fully saturated rings. The summed E-state index contributed by atoms with van der Waals surface area (Å²) in [5, 5.41) is 15.5. The van der Waals surface area contributed by atoms with Crippen LogP contribution in [0.1, 0.15) is 17.7 Å². The second-order valence-corrected chi connectivity index (χ2v) is 4.05. The van der Waals surface area contributed by atoms with Crippen molar-refractivity contribution < 1.29 is 14.3 Å². The van der Waals surface area contributed by atoms with Crippen molar-refractivity contribution in [3.05, 3.63) is 41.3 Å². The average Bonchev–Trinajstić information content (AvgIpc) is 2.69. The van der Waals surface area contributed by atoms with Crippen LogP contribution in [0.4, 0.5) is 4.39 Å². The van der Waals surface area contributed by atoms with Crippen molar-refractivity contribution >= 4 is 5.97 Å². The van der Waals surface area contributed by atoms with E-state index in [0.717, 1.165) is 11.3 Å². The fourth-order valence-corrected chi connectivity index (χ4v) is 1.82.